The third kappa shape index (κ3) is 8.45. The highest BCUT2D eigenvalue weighted by Crippen LogP contribution is 2.41. The van der Waals surface area contributed by atoms with Crippen molar-refractivity contribution in [2.45, 2.75) is 82.7 Å². The molecule has 1 aromatic carbocycles. The molecule has 35 heavy (non-hydrogen) atoms. The van der Waals surface area contributed by atoms with E-state index in [0.29, 0.717) is 36.9 Å². The minimum atomic E-state index is -0.996. The van der Waals surface area contributed by atoms with Crippen molar-refractivity contribution in [1.82, 2.24) is 10.2 Å². The summed E-state index contributed by atoms with van der Waals surface area (Å²) in [5.74, 6) is 1.40. The number of hydrogen-bond donors (Lipinski definition) is 2. The van der Waals surface area contributed by atoms with E-state index in [1.807, 2.05) is 36.2 Å². The normalized spacial score (nSPS) is 22.1. The number of likely N-dealkylation sites (tertiary alicyclic amines) is 1. The Morgan fingerprint density at radius 2 is 2.03 bits per heavy atom. The maximum absolute atomic E-state index is 13.5. The molecule has 1 heterocycles. The summed E-state index contributed by atoms with van der Waals surface area (Å²) in [5.41, 5.74) is -0.128. The van der Waals surface area contributed by atoms with Crippen molar-refractivity contribution in [1.29, 1.82) is 0 Å². The average Bonchev–Trinajstić information content (AvgIpc) is 2.87. The molecule has 0 radical (unpaired) electrons. The maximum atomic E-state index is 13.5. The smallest absolute Gasteiger partial charge is 0.222 e. The second-order valence-corrected chi connectivity index (χ2v) is 11.4. The number of nitrogens with one attached hydrogen (secondary N) is 1. The van der Waals surface area contributed by atoms with Crippen LogP contribution >= 0.6 is 11.6 Å². The number of unbranched alkanes of at least 4 members (excludes halogenated alkanes) is 1. The van der Waals surface area contributed by atoms with E-state index < -0.39 is 5.60 Å². The predicted molar refractivity (Wildman–Crippen MR) is 144 cm³/mol. The van der Waals surface area contributed by atoms with Gasteiger partial charge in [-0.3, -0.25) is 4.79 Å². The maximum Gasteiger partial charge on any atom is 0.222 e. The molecule has 1 aromatic rings. The van der Waals surface area contributed by atoms with Crippen LogP contribution in [0.25, 0.3) is 0 Å². The fourth-order valence-corrected chi connectivity index (χ4v) is 6.56. The van der Waals surface area contributed by atoms with E-state index in [1.165, 1.54) is 32.1 Å². The van der Waals surface area contributed by atoms with Gasteiger partial charge in [0, 0.05) is 44.2 Å². The highest BCUT2D eigenvalue weighted by molar-refractivity contribution is 6.30. The molecule has 1 aliphatic heterocycles. The number of benzene rings is 1. The number of amides is 1. The summed E-state index contributed by atoms with van der Waals surface area (Å²) < 4.78 is 5.23. The third-order valence-electron chi connectivity index (χ3n) is 8.28. The van der Waals surface area contributed by atoms with Gasteiger partial charge in [0.15, 0.2) is 0 Å². The third-order valence-corrected chi connectivity index (χ3v) is 8.51. The molecule has 0 bridgehead atoms. The molecule has 3 rings (SSSR count). The lowest BCUT2D eigenvalue weighted by Crippen LogP contribution is -2.48. The molecular formula is C29H47ClN2O3. The number of hydrogen-bond acceptors (Lipinski definition) is 4. The monoisotopic (exact) mass is 506 g/mol. The predicted octanol–water partition coefficient (Wildman–Crippen LogP) is 5.78. The van der Waals surface area contributed by atoms with Gasteiger partial charge in [-0.15, -0.1) is 0 Å². The highest BCUT2D eigenvalue weighted by Gasteiger charge is 2.41. The lowest BCUT2D eigenvalue weighted by Gasteiger charge is -2.43. The molecule has 1 amide bonds. The van der Waals surface area contributed by atoms with E-state index in [2.05, 4.69) is 5.32 Å². The molecule has 0 aromatic heterocycles. The van der Waals surface area contributed by atoms with E-state index in [0.717, 1.165) is 56.7 Å². The standard InChI is InChI=1S/C29H47ClN2O3/c1-31-21-24(18-23-10-4-3-5-11-23)19-28(33)32-16-9-13-26(22-32)29(34,15-6-7-17-35-2)25-12-8-14-27(30)20-25/h8,12,14,20,23-24,26,31,34H,3-7,9-11,13,15-19,21-22H2,1-2H3/t24-,26-,29?/m1/s1. The second kappa shape index (κ2) is 14.6. The van der Waals surface area contributed by atoms with Gasteiger partial charge < -0.3 is 20.1 Å². The van der Waals surface area contributed by atoms with Crippen LogP contribution in [0, 0.1) is 17.8 Å². The average molecular weight is 507 g/mol. The molecule has 3 atom stereocenters. The van der Waals surface area contributed by atoms with Gasteiger partial charge in [0.2, 0.25) is 5.91 Å². The van der Waals surface area contributed by atoms with Crippen LogP contribution in [-0.4, -0.2) is 56.3 Å². The van der Waals surface area contributed by atoms with Gasteiger partial charge in [0.1, 0.15) is 0 Å². The fraction of sp³-hybridized carbons (Fsp3) is 0.759. The number of methoxy groups -OCH3 is 1. The van der Waals surface area contributed by atoms with Crippen molar-refractivity contribution in [2.75, 3.05) is 40.4 Å². The molecule has 5 nitrogen and oxygen atoms in total. The molecule has 0 spiro atoms. The zero-order valence-corrected chi connectivity index (χ0v) is 22.7. The first kappa shape index (κ1) is 28.4. The number of aliphatic hydroxyl groups is 1. The topological polar surface area (TPSA) is 61.8 Å². The summed E-state index contributed by atoms with van der Waals surface area (Å²) in [5, 5.41) is 16.0. The number of halogens is 1. The number of carbonyl (C=O) groups is 1. The summed E-state index contributed by atoms with van der Waals surface area (Å²) in [4.78, 5) is 15.5. The number of piperidine rings is 1. The Balaban J connectivity index is 1.67. The molecule has 2 fully saturated rings. The van der Waals surface area contributed by atoms with Crippen molar-refractivity contribution < 1.29 is 14.6 Å². The van der Waals surface area contributed by atoms with Gasteiger partial charge in [-0.1, -0.05) is 55.8 Å². The summed E-state index contributed by atoms with van der Waals surface area (Å²) in [7, 11) is 3.70. The molecule has 6 heteroatoms. The van der Waals surface area contributed by atoms with Crippen molar-refractivity contribution in [3.05, 3.63) is 34.9 Å². The quantitative estimate of drug-likeness (QED) is 0.333. The molecule has 2 aliphatic rings. The van der Waals surface area contributed by atoms with Gasteiger partial charge in [0.25, 0.3) is 0 Å². The lowest BCUT2D eigenvalue weighted by molar-refractivity contribution is -0.138. The Morgan fingerprint density at radius 1 is 1.23 bits per heavy atom. The molecule has 1 unspecified atom stereocenters. The van der Waals surface area contributed by atoms with Crippen molar-refractivity contribution in [2.24, 2.45) is 17.8 Å². The Morgan fingerprint density at radius 3 is 2.74 bits per heavy atom. The second-order valence-electron chi connectivity index (χ2n) is 10.9. The van der Waals surface area contributed by atoms with Crippen LogP contribution in [0.1, 0.15) is 82.6 Å². The van der Waals surface area contributed by atoms with Crippen LogP contribution in [0.5, 0.6) is 0 Å². The highest BCUT2D eigenvalue weighted by atomic mass is 35.5. The first-order chi connectivity index (χ1) is 17.0. The fourth-order valence-electron chi connectivity index (χ4n) is 6.37. The van der Waals surface area contributed by atoms with Gasteiger partial charge in [-0.2, -0.15) is 0 Å². The summed E-state index contributed by atoms with van der Waals surface area (Å²) in [6.07, 6.45) is 12.7. The first-order valence-corrected chi connectivity index (χ1v) is 14.2. The minimum absolute atomic E-state index is 0.00214. The number of rotatable bonds is 13. The number of ether oxygens (including phenoxy) is 1. The Bertz CT molecular complexity index is 770. The van der Waals surface area contributed by atoms with Crippen LogP contribution in [0.15, 0.2) is 24.3 Å². The van der Waals surface area contributed by atoms with Crippen LogP contribution in [0.3, 0.4) is 0 Å². The van der Waals surface area contributed by atoms with Crippen LogP contribution in [0.4, 0.5) is 0 Å². The van der Waals surface area contributed by atoms with Crippen molar-refractivity contribution in [3.63, 3.8) is 0 Å². The Labute approximate surface area is 217 Å². The molecule has 1 saturated heterocycles. The Kier molecular flexibility index (Phi) is 11.8. The summed E-state index contributed by atoms with van der Waals surface area (Å²) in [6.45, 7) is 2.99. The van der Waals surface area contributed by atoms with E-state index in [-0.39, 0.29) is 11.8 Å². The van der Waals surface area contributed by atoms with Gasteiger partial charge in [0.05, 0.1) is 5.60 Å². The zero-order chi connectivity index (χ0) is 25.1. The summed E-state index contributed by atoms with van der Waals surface area (Å²) >= 11 is 6.32. The summed E-state index contributed by atoms with van der Waals surface area (Å²) in [6, 6.07) is 7.64. The number of carbonyl (C=O) groups excluding carboxylic acids is 1. The lowest BCUT2D eigenvalue weighted by atomic mass is 9.74. The molecular weight excluding hydrogens is 460 g/mol. The van der Waals surface area contributed by atoms with Crippen LogP contribution < -0.4 is 5.32 Å². The van der Waals surface area contributed by atoms with E-state index in [4.69, 9.17) is 16.3 Å². The largest absolute Gasteiger partial charge is 0.385 e. The van der Waals surface area contributed by atoms with Gasteiger partial charge in [-0.25, -0.2) is 0 Å². The van der Waals surface area contributed by atoms with Crippen molar-refractivity contribution >= 4 is 17.5 Å². The molecule has 2 N–H and O–H groups in total. The minimum Gasteiger partial charge on any atom is -0.385 e. The molecule has 1 saturated carbocycles. The molecule has 198 valence electrons. The van der Waals surface area contributed by atoms with Gasteiger partial charge >= 0.3 is 0 Å². The van der Waals surface area contributed by atoms with Gasteiger partial charge in [-0.05, 0) is 81.6 Å². The zero-order valence-electron chi connectivity index (χ0n) is 21.9. The first-order valence-electron chi connectivity index (χ1n) is 13.9. The number of nitrogens with zero attached hydrogens (tertiary/aromatic N) is 1. The van der Waals surface area contributed by atoms with E-state index in [9.17, 15) is 9.90 Å². The van der Waals surface area contributed by atoms with Crippen LogP contribution in [-0.2, 0) is 15.1 Å². The van der Waals surface area contributed by atoms with Crippen LogP contribution in [0.2, 0.25) is 5.02 Å². The van der Waals surface area contributed by atoms with E-state index >= 15 is 0 Å². The van der Waals surface area contributed by atoms with Crippen molar-refractivity contribution in [3.8, 4) is 0 Å². The Hall–Kier alpha value is -1.14. The molecule has 1 aliphatic carbocycles. The van der Waals surface area contributed by atoms with E-state index in [1.54, 1.807) is 7.11 Å². The SMILES string of the molecule is CNC[C@@H](CC(=O)N1CCC[C@@H](C(O)(CCCCOC)c2cccc(Cl)c2)C1)CC1CCCCC1.